The molecule has 0 radical (unpaired) electrons. The number of aryl methyl sites for hydroxylation is 1. The summed E-state index contributed by atoms with van der Waals surface area (Å²) in [6, 6.07) is 11.9. The van der Waals surface area contributed by atoms with Crippen molar-refractivity contribution >= 4 is 28.2 Å². The molecule has 0 bridgehead atoms. The molecule has 1 aromatic carbocycles. The van der Waals surface area contributed by atoms with Gasteiger partial charge in [-0.1, -0.05) is 18.2 Å². The van der Waals surface area contributed by atoms with E-state index in [1.54, 1.807) is 11.3 Å². The fourth-order valence-corrected chi connectivity index (χ4v) is 3.55. The topological polar surface area (TPSA) is 89.7 Å². The maximum Gasteiger partial charge on any atom is 0.186 e. The number of thiophene rings is 1. The molecule has 6 nitrogen and oxygen atoms in total. The molecule has 3 heterocycles. The summed E-state index contributed by atoms with van der Waals surface area (Å²) in [7, 11) is 0. The van der Waals surface area contributed by atoms with Gasteiger partial charge in [-0.25, -0.2) is 9.97 Å². The second-order valence-electron chi connectivity index (χ2n) is 5.35. The number of aromatic nitrogens is 4. The highest BCUT2D eigenvalue weighted by Crippen LogP contribution is 2.35. The molecule has 0 fully saturated rings. The van der Waals surface area contributed by atoms with E-state index >= 15 is 0 Å². The lowest BCUT2D eigenvalue weighted by Crippen LogP contribution is -1.94. The third-order valence-electron chi connectivity index (χ3n) is 3.78. The minimum absolute atomic E-state index is 0.428. The molecule has 0 aliphatic rings. The number of hydrogen-bond donors (Lipinski definition) is 2. The number of benzene rings is 1. The largest absolute Gasteiger partial charge is 0.489 e. The molecule has 4 rings (SSSR count). The van der Waals surface area contributed by atoms with Gasteiger partial charge in [0.2, 0.25) is 0 Å². The van der Waals surface area contributed by atoms with Crippen molar-refractivity contribution in [1.82, 2.24) is 20.2 Å². The average molecular weight is 337 g/mol. The van der Waals surface area contributed by atoms with Crippen molar-refractivity contribution < 1.29 is 4.74 Å². The van der Waals surface area contributed by atoms with Gasteiger partial charge in [0.25, 0.3) is 0 Å². The first kappa shape index (κ1) is 14.6. The number of nitrogens with two attached hydrogens (primary N) is 1. The van der Waals surface area contributed by atoms with E-state index in [-0.39, 0.29) is 0 Å². The molecule has 3 aromatic heterocycles. The Morgan fingerprint density at radius 2 is 2.04 bits per heavy atom. The Morgan fingerprint density at radius 1 is 1.21 bits per heavy atom. The van der Waals surface area contributed by atoms with Gasteiger partial charge in [0, 0.05) is 10.4 Å². The summed E-state index contributed by atoms with van der Waals surface area (Å²) < 4.78 is 5.85. The van der Waals surface area contributed by atoms with Crippen LogP contribution in [0.4, 0.5) is 5.82 Å². The predicted octanol–water partition coefficient (Wildman–Crippen LogP) is 3.55. The van der Waals surface area contributed by atoms with Crippen molar-refractivity contribution in [3.05, 3.63) is 53.2 Å². The van der Waals surface area contributed by atoms with Crippen LogP contribution in [0.25, 0.3) is 21.6 Å². The highest BCUT2D eigenvalue weighted by molar-refractivity contribution is 7.15. The molecule has 3 N–H and O–H groups in total. The van der Waals surface area contributed by atoms with Crippen LogP contribution in [-0.4, -0.2) is 20.2 Å². The van der Waals surface area contributed by atoms with E-state index in [1.165, 1.54) is 11.2 Å². The van der Waals surface area contributed by atoms with Gasteiger partial charge >= 0.3 is 0 Å². The van der Waals surface area contributed by atoms with Gasteiger partial charge in [0.15, 0.2) is 5.65 Å². The summed E-state index contributed by atoms with van der Waals surface area (Å²) in [5.74, 6) is 1.28. The van der Waals surface area contributed by atoms with Crippen LogP contribution in [0.2, 0.25) is 0 Å². The lowest BCUT2D eigenvalue weighted by atomic mass is 10.2. The van der Waals surface area contributed by atoms with E-state index in [2.05, 4.69) is 33.2 Å². The predicted molar refractivity (Wildman–Crippen MR) is 94.9 cm³/mol. The maximum atomic E-state index is 5.99. The molecule has 0 saturated carbocycles. The van der Waals surface area contributed by atoms with E-state index < -0.39 is 0 Å². The lowest BCUT2D eigenvalue weighted by molar-refractivity contribution is 0.306. The SMILES string of the molecule is Cc1sc(-c2[nH]nc3ncnc(N)c23)cc1COc1ccccc1. The van der Waals surface area contributed by atoms with Crippen molar-refractivity contribution in [3.8, 4) is 16.3 Å². The molecule has 0 spiro atoms. The van der Waals surface area contributed by atoms with Crippen molar-refractivity contribution in [3.63, 3.8) is 0 Å². The second-order valence-corrected chi connectivity index (χ2v) is 6.61. The van der Waals surface area contributed by atoms with E-state index in [0.717, 1.165) is 27.3 Å². The Kier molecular flexibility index (Phi) is 3.62. The number of ether oxygens (including phenoxy) is 1. The standard InChI is InChI=1S/C17H15N5OS/c1-10-11(8-23-12-5-3-2-4-6-12)7-13(24-10)15-14-16(18)19-9-20-17(14)22-21-15/h2-7,9H,8H2,1H3,(H3,18,19,20,21,22). The molecule has 0 unspecified atom stereocenters. The molecule has 0 aliphatic carbocycles. The number of fused-ring (bicyclic) bond motifs is 1. The van der Waals surface area contributed by atoms with Crippen molar-refractivity contribution in [2.24, 2.45) is 0 Å². The van der Waals surface area contributed by atoms with Crippen LogP contribution >= 0.6 is 11.3 Å². The number of nitrogen functional groups attached to an aromatic ring is 1. The van der Waals surface area contributed by atoms with Crippen LogP contribution in [0.1, 0.15) is 10.4 Å². The molecular weight excluding hydrogens is 322 g/mol. The first-order chi connectivity index (χ1) is 11.7. The molecule has 7 heteroatoms. The van der Waals surface area contributed by atoms with Gasteiger partial charge in [-0.2, -0.15) is 5.10 Å². The monoisotopic (exact) mass is 337 g/mol. The Labute approximate surface area is 142 Å². The van der Waals surface area contributed by atoms with E-state index in [4.69, 9.17) is 10.5 Å². The van der Waals surface area contributed by atoms with Crippen LogP contribution in [0.3, 0.4) is 0 Å². The van der Waals surface area contributed by atoms with Crippen LogP contribution in [-0.2, 0) is 6.61 Å². The minimum Gasteiger partial charge on any atom is -0.489 e. The quantitative estimate of drug-likeness (QED) is 0.594. The van der Waals surface area contributed by atoms with Crippen LogP contribution < -0.4 is 10.5 Å². The third kappa shape index (κ3) is 2.59. The summed E-state index contributed by atoms with van der Waals surface area (Å²) in [5.41, 5.74) is 8.55. The fourth-order valence-electron chi connectivity index (χ4n) is 2.52. The molecule has 120 valence electrons. The van der Waals surface area contributed by atoms with Gasteiger partial charge in [0.05, 0.1) is 16.0 Å². The zero-order chi connectivity index (χ0) is 16.5. The first-order valence-electron chi connectivity index (χ1n) is 7.44. The third-order valence-corrected chi connectivity index (χ3v) is 4.89. The lowest BCUT2D eigenvalue weighted by Gasteiger charge is -2.04. The summed E-state index contributed by atoms with van der Waals surface area (Å²) in [6.07, 6.45) is 1.42. The molecular formula is C17H15N5OS. The number of rotatable bonds is 4. The summed E-state index contributed by atoms with van der Waals surface area (Å²) in [6.45, 7) is 2.60. The summed E-state index contributed by atoms with van der Waals surface area (Å²) in [4.78, 5) is 10.4. The van der Waals surface area contributed by atoms with Crippen molar-refractivity contribution in [1.29, 1.82) is 0 Å². The zero-order valence-electron chi connectivity index (χ0n) is 13.0. The van der Waals surface area contributed by atoms with Crippen molar-refractivity contribution in [2.75, 3.05) is 5.73 Å². The number of H-pyrrole nitrogens is 1. The van der Waals surface area contributed by atoms with Gasteiger partial charge in [-0.15, -0.1) is 11.3 Å². The van der Waals surface area contributed by atoms with Gasteiger partial charge in [-0.3, -0.25) is 5.10 Å². The number of hydrogen-bond acceptors (Lipinski definition) is 6. The highest BCUT2D eigenvalue weighted by Gasteiger charge is 2.16. The van der Waals surface area contributed by atoms with Gasteiger partial charge < -0.3 is 10.5 Å². The fraction of sp³-hybridized carbons (Fsp3) is 0.118. The van der Waals surface area contributed by atoms with Crippen molar-refractivity contribution in [2.45, 2.75) is 13.5 Å². The van der Waals surface area contributed by atoms with Crippen LogP contribution in [0.5, 0.6) is 5.75 Å². The van der Waals surface area contributed by atoms with Gasteiger partial charge in [-0.05, 0) is 25.1 Å². The highest BCUT2D eigenvalue weighted by atomic mass is 32.1. The molecule has 0 atom stereocenters. The number of nitrogens with one attached hydrogen (secondary N) is 1. The molecule has 0 saturated heterocycles. The van der Waals surface area contributed by atoms with E-state index in [9.17, 15) is 0 Å². The molecule has 0 aliphatic heterocycles. The smallest absolute Gasteiger partial charge is 0.186 e. The first-order valence-corrected chi connectivity index (χ1v) is 8.26. The maximum absolute atomic E-state index is 5.99. The molecule has 0 amide bonds. The Bertz CT molecular complexity index is 993. The second kappa shape index (κ2) is 5.93. The van der Waals surface area contributed by atoms with Gasteiger partial charge in [0.1, 0.15) is 24.5 Å². The number of anilines is 1. The average Bonchev–Trinajstić information content (AvgIpc) is 3.18. The Hall–Kier alpha value is -2.93. The van der Waals surface area contributed by atoms with E-state index in [1.807, 2.05) is 30.3 Å². The Morgan fingerprint density at radius 3 is 2.88 bits per heavy atom. The van der Waals surface area contributed by atoms with E-state index in [0.29, 0.717) is 18.1 Å². The normalized spacial score (nSPS) is 11.0. The summed E-state index contributed by atoms with van der Waals surface area (Å²) in [5, 5.41) is 7.99. The molecule has 24 heavy (non-hydrogen) atoms. The Balaban J connectivity index is 1.65. The minimum atomic E-state index is 0.428. The van der Waals surface area contributed by atoms with Crippen LogP contribution in [0.15, 0.2) is 42.7 Å². The number of para-hydroxylation sites is 1. The number of nitrogens with zero attached hydrogens (tertiary/aromatic N) is 3. The van der Waals surface area contributed by atoms with Crippen LogP contribution in [0, 0.1) is 6.92 Å². The summed E-state index contributed by atoms with van der Waals surface area (Å²) >= 11 is 1.67. The zero-order valence-corrected chi connectivity index (χ0v) is 13.8. The number of aromatic amines is 1. The molecule has 4 aromatic rings.